The van der Waals surface area contributed by atoms with Crippen molar-refractivity contribution in [3.05, 3.63) is 188 Å². The predicted molar refractivity (Wildman–Crippen MR) is 227 cm³/mol. The first-order valence-electron chi connectivity index (χ1n) is 18.5. The Kier molecular flexibility index (Phi) is 7.14. The molecule has 4 nitrogen and oxygen atoms in total. The Morgan fingerprint density at radius 2 is 0.873 bits per heavy atom. The van der Waals surface area contributed by atoms with Gasteiger partial charge < -0.3 is 4.42 Å². The van der Waals surface area contributed by atoms with Gasteiger partial charge in [0.15, 0.2) is 17.5 Å². The molecule has 0 aliphatic rings. The molecule has 0 spiro atoms. The van der Waals surface area contributed by atoms with E-state index in [1.807, 2.05) is 42.5 Å². The Bertz CT molecular complexity index is 3260. The minimum absolute atomic E-state index is 0.596. The van der Waals surface area contributed by atoms with Crippen LogP contribution in [0.4, 0.5) is 0 Å². The molecule has 0 aliphatic heterocycles. The van der Waals surface area contributed by atoms with E-state index < -0.39 is 0 Å². The predicted octanol–water partition coefficient (Wildman–Crippen LogP) is 13.6. The normalized spacial score (nSPS) is 11.6. The van der Waals surface area contributed by atoms with Crippen LogP contribution >= 0.6 is 0 Å². The molecule has 2 aromatic heterocycles. The van der Waals surface area contributed by atoms with Gasteiger partial charge in [0.05, 0.1) is 0 Å². The third-order valence-electron chi connectivity index (χ3n) is 10.7. The minimum Gasteiger partial charge on any atom is -0.456 e. The van der Waals surface area contributed by atoms with Gasteiger partial charge in [-0.2, -0.15) is 0 Å². The molecule has 256 valence electrons. The van der Waals surface area contributed by atoms with Gasteiger partial charge in [0.25, 0.3) is 0 Å². The van der Waals surface area contributed by atoms with E-state index in [2.05, 4.69) is 146 Å². The number of furan rings is 1. The third kappa shape index (κ3) is 5.43. The smallest absolute Gasteiger partial charge is 0.164 e. The summed E-state index contributed by atoms with van der Waals surface area (Å²) >= 11 is 0. The molecular weight excluding hydrogens is 671 g/mol. The molecule has 11 rings (SSSR count). The lowest BCUT2D eigenvalue weighted by atomic mass is 9.96. The van der Waals surface area contributed by atoms with E-state index in [1.165, 1.54) is 32.7 Å². The van der Waals surface area contributed by atoms with E-state index in [1.54, 1.807) is 0 Å². The highest BCUT2D eigenvalue weighted by Gasteiger charge is 2.19. The maximum atomic E-state index is 6.46. The van der Waals surface area contributed by atoms with Crippen LogP contribution in [0.25, 0.3) is 111 Å². The van der Waals surface area contributed by atoms with E-state index in [0.29, 0.717) is 17.5 Å². The zero-order chi connectivity index (χ0) is 36.3. The summed E-state index contributed by atoms with van der Waals surface area (Å²) in [4.78, 5) is 15.5. The highest BCUT2D eigenvalue weighted by molar-refractivity contribution is 6.13. The zero-order valence-electron chi connectivity index (χ0n) is 29.6. The van der Waals surface area contributed by atoms with Crippen molar-refractivity contribution in [1.82, 2.24) is 15.0 Å². The van der Waals surface area contributed by atoms with E-state index in [9.17, 15) is 0 Å². The largest absolute Gasteiger partial charge is 0.456 e. The van der Waals surface area contributed by atoms with Gasteiger partial charge >= 0.3 is 0 Å². The van der Waals surface area contributed by atoms with Gasteiger partial charge in [0, 0.05) is 27.5 Å². The van der Waals surface area contributed by atoms with Gasteiger partial charge in [-0.3, -0.25) is 0 Å². The second kappa shape index (κ2) is 12.6. The fourth-order valence-electron chi connectivity index (χ4n) is 7.91. The Hall–Kier alpha value is -7.43. The van der Waals surface area contributed by atoms with E-state index in [0.717, 1.165) is 60.5 Å². The molecule has 0 radical (unpaired) electrons. The zero-order valence-corrected chi connectivity index (χ0v) is 29.6. The van der Waals surface area contributed by atoms with Crippen LogP contribution in [0, 0.1) is 0 Å². The van der Waals surface area contributed by atoms with Gasteiger partial charge in [-0.25, -0.2) is 15.0 Å². The summed E-state index contributed by atoms with van der Waals surface area (Å²) in [6, 6.07) is 65.9. The van der Waals surface area contributed by atoms with Crippen molar-refractivity contribution in [2.75, 3.05) is 0 Å². The van der Waals surface area contributed by atoms with Gasteiger partial charge in [0.1, 0.15) is 11.2 Å². The van der Waals surface area contributed by atoms with Crippen LogP contribution < -0.4 is 0 Å². The topological polar surface area (TPSA) is 51.8 Å². The molecule has 9 aromatic carbocycles. The quantitative estimate of drug-likeness (QED) is 0.168. The van der Waals surface area contributed by atoms with Crippen LogP contribution in [0.15, 0.2) is 192 Å². The Labute approximate surface area is 317 Å². The Morgan fingerprint density at radius 3 is 1.73 bits per heavy atom. The SMILES string of the molecule is c1ccc(-c2ccc3c(ccc4ccc(-c5nc(-c6ccccc6)nc(-c6cccc7oc8ccc(-c9ccc%10ccccc%10c9)cc8c67)n5)cc43)c2)cc1. The second-order valence-electron chi connectivity index (χ2n) is 14.0. The molecule has 0 atom stereocenters. The fraction of sp³-hybridized carbons (Fsp3) is 0. The molecule has 0 N–H and O–H groups in total. The number of aromatic nitrogens is 3. The van der Waals surface area contributed by atoms with E-state index >= 15 is 0 Å². The van der Waals surface area contributed by atoms with Gasteiger partial charge in [-0.15, -0.1) is 0 Å². The number of hydrogen-bond acceptors (Lipinski definition) is 4. The lowest BCUT2D eigenvalue weighted by Gasteiger charge is -2.11. The second-order valence-corrected chi connectivity index (χ2v) is 14.0. The summed E-state index contributed by atoms with van der Waals surface area (Å²) in [5.74, 6) is 1.83. The Balaban J connectivity index is 1.09. The molecular formula is C51H31N3O. The molecule has 0 unspecified atom stereocenters. The Morgan fingerprint density at radius 1 is 0.291 bits per heavy atom. The number of nitrogens with zero attached hydrogens (tertiary/aromatic N) is 3. The fourth-order valence-corrected chi connectivity index (χ4v) is 7.91. The summed E-state index contributed by atoms with van der Waals surface area (Å²) in [6.45, 7) is 0. The van der Waals surface area contributed by atoms with Crippen LogP contribution in [-0.4, -0.2) is 15.0 Å². The maximum absolute atomic E-state index is 6.46. The highest BCUT2D eigenvalue weighted by Crippen LogP contribution is 2.39. The average molecular weight is 702 g/mol. The lowest BCUT2D eigenvalue weighted by Crippen LogP contribution is -2.00. The molecule has 0 fully saturated rings. The summed E-state index contributed by atoms with van der Waals surface area (Å²) in [7, 11) is 0. The standard InChI is InChI=1S/C51H31N3O/c1-3-10-32(11-4-1)37-24-26-42-40(29-37)22-19-34-20-23-41(31-44(34)42)50-52-49(35-13-5-2-6-14-35)53-51(54-50)43-16-9-17-47-48(43)45-30-39(25-27-46(45)55-47)38-21-18-33-12-7-8-15-36(33)28-38/h1-31H. The van der Waals surface area contributed by atoms with Crippen molar-refractivity contribution in [1.29, 1.82) is 0 Å². The van der Waals surface area contributed by atoms with Crippen LogP contribution in [0.3, 0.4) is 0 Å². The molecule has 0 saturated carbocycles. The van der Waals surface area contributed by atoms with Crippen molar-refractivity contribution >= 4 is 54.3 Å². The van der Waals surface area contributed by atoms with Gasteiger partial charge in [0.2, 0.25) is 0 Å². The monoisotopic (exact) mass is 701 g/mol. The molecule has 11 aromatic rings. The van der Waals surface area contributed by atoms with Gasteiger partial charge in [-0.05, 0) is 91.0 Å². The van der Waals surface area contributed by atoms with Crippen molar-refractivity contribution < 1.29 is 4.42 Å². The first-order valence-corrected chi connectivity index (χ1v) is 18.5. The maximum Gasteiger partial charge on any atom is 0.164 e. The molecule has 55 heavy (non-hydrogen) atoms. The van der Waals surface area contributed by atoms with Crippen LogP contribution in [0.1, 0.15) is 0 Å². The average Bonchev–Trinajstić information content (AvgIpc) is 3.64. The van der Waals surface area contributed by atoms with Gasteiger partial charge in [-0.1, -0.05) is 152 Å². The summed E-state index contributed by atoms with van der Waals surface area (Å²) in [6.07, 6.45) is 0. The number of benzene rings is 9. The molecule has 2 heterocycles. The van der Waals surface area contributed by atoms with Crippen molar-refractivity contribution in [3.63, 3.8) is 0 Å². The van der Waals surface area contributed by atoms with Crippen LogP contribution in [0.2, 0.25) is 0 Å². The van der Waals surface area contributed by atoms with Crippen molar-refractivity contribution in [2.24, 2.45) is 0 Å². The van der Waals surface area contributed by atoms with Crippen LogP contribution in [-0.2, 0) is 0 Å². The lowest BCUT2D eigenvalue weighted by molar-refractivity contribution is 0.669. The third-order valence-corrected chi connectivity index (χ3v) is 10.7. The minimum atomic E-state index is 0.596. The van der Waals surface area contributed by atoms with E-state index in [-0.39, 0.29) is 0 Å². The highest BCUT2D eigenvalue weighted by atomic mass is 16.3. The van der Waals surface area contributed by atoms with Crippen molar-refractivity contribution in [3.8, 4) is 56.4 Å². The molecule has 0 aliphatic carbocycles. The number of fused-ring (bicyclic) bond motifs is 7. The van der Waals surface area contributed by atoms with E-state index in [4.69, 9.17) is 19.4 Å². The summed E-state index contributed by atoms with van der Waals surface area (Å²) < 4.78 is 6.46. The number of hydrogen-bond donors (Lipinski definition) is 0. The summed E-state index contributed by atoms with van der Waals surface area (Å²) in [5.41, 5.74) is 9.04. The van der Waals surface area contributed by atoms with Crippen molar-refractivity contribution in [2.45, 2.75) is 0 Å². The molecule has 0 saturated heterocycles. The summed E-state index contributed by atoms with van der Waals surface area (Å²) in [5, 5.41) is 9.13. The molecule has 4 heteroatoms. The first kappa shape index (κ1) is 31.1. The first-order chi connectivity index (χ1) is 27.2. The molecule has 0 bridgehead atoms. The number of rotatable bonds is 5. The van der Waals surface area contributed by atoms with Crippen LogP contribution in [0.5, 0.6) is 0 Å². The molecule has 0 amide bonds.